The second-order valence-corrected chi connectivity index (χ2v) is 25.3. The fourth-order valence-corrected chi connectivity index (χ4v) is 18.7. The quantitative estimate of drug-likeness (QED) is 0.0802. The number of hydrogen-bond donors (Lipinski definition) is 7. The van der Waals surface area contributed by atoms with Gasteiger partial charge in [-0.1, -0.05) is 76.6 Å². The number of ketones is 2. The molecule has 0 amide bonds. The molecule has 6 aliphatic carbocycles. The molecule has 8 aliphatic rings. The first-order valence-corrected chi connectivity index (χ1v) is 27.4. The molecule has 8 N–H and O–H groups in total. The molecule has 0 aromatic heterocycles. The third-order valence-electron chi connectivity index (χ3n) is 21.4. The minimum atomic E-state index is -0.916. The number of benzene rings is 2. The lowest BCUT2D eigenvalue weighted by Crippen LogP contribution is -2.73. The summed E-state index contributed by atoms with van der Waals surface area (Å²) in [6.45, 7) is 11.9. The summed E-state index contributed by atoms with van der Waals surface area (Å²) in [6, 6.07) is 13.9. The lowest BCUT2D eigenvalue weighted by Gasteiger charge is -2.74. The van der Waals surface area contributed by atoms with E-state index < -0.39 is 39.5 Å². The summed E-state index contributed by atoms with van der Waals surface area (Å²) in [6.07, 6.45) is 14.3. The fourth-order valence-electron chi connectivity index (χ4n) is 18.7. The van der Waals surface area contributed by atoms with Crippen molar-refractivity contribution >= 4 is 17.3 Å². The topological polar surface area (TPSA) is 178 Å². The Balaban J connectivity index is 1.05. The van der Waals surface area contributed by atoms with E-state index in [1.807, 2.05) is 32.2 Å². The highest BCUT2D eigenvalue weighted by Crippen LogP contribution is 2.79. The van der Waals surface area contributed by atoms with E-state index in [1.165, 1.54) is 11.1 Å². The SMILES string of the molecule is CNCc1cc(O)cc([C@H]2C[C@@]3(C4CCCC4)[C@H]4CCC5=C([C@H](C)C[C@@H](O)[C@H]6O[C@]6(C)[C@H]6CCC[C@H]6c6cccc(N)c6)C(=O)C[C@]5(C)[C@@]4(CCO)C[C@@H]4NC[C@](C)(O)CCCC[C@@](C)(C2=O)[C@H]43)c1. The van der Waals surface area contributed by atoms with Crippen molar-refractivity contribution in [3.05, 3.63) is 70.3 Å². The number of fused-ring (bicyclic) bond motifs is 4. The Labute approximate surface area is 412 Å². The molecule has 378 valence electrons. The summed E-state index contributed by atoms with van der Waals surface area (Å²) >= 11 is 0. The number of carbonyl (C=O) groups is 2. The molecule has 10 nitrogen and oxygen atoms in total. The van der Waals surface area contributed by atoms with E-state index in [2.05, 4.69) is 56.5 Å². The third-order valence-corrected chi connectivity index (χ3v) is 21.4. The van der Waals surface area contributed by atoms with Gasteiger partial charge in [-0.05, 0) is 191 Å². The van der Waals surface area contributed by atoms with E-state index >= 15 is 9.59 Å². The summed E-state index contributed by atoms with van der Waals surface area (Å²) in [4.78, 5) is 31.0. The van der Waals surface area contributed by atoms with Crippen molar-refractivity contribution in [1.29, 1.82) is 0 Å². The monoisotopic (exact) mass is 948 g/mol. The average Bonchev–Trinajstić information content (AvgIpc) is 3.73. The largest absolute Gasteiger partial charge is 0.508 e. The van der Waals surface area contributed by atoms with E-state index in [4.69, 9.17) is 10.5 Å². The normalized spacial score (nSPS) is 42.2. The molecular formula is C59H85N3O7. The van der Waals surface area contributed by atoms with Gasteiger partial charge in [-0.3, -0.25) is 9.59 Å². The van der Waals surface area contributed by atoms with Gasteiger partial charge >= 0.3 is 0 Å². The lowest BCUT2D eigenvalue weighted by atomic mass is 9.30. The molecule has 10 heteroatoms. The molecule has 7 fully saturated rings. The van der Waals surface area contributed by atoms with Crippen molar-refractivity contribution in [2.75, 3.05) is 25.9 Å². The third kappa shape index (κ3) is 7.93. The minimum Gasteiger partial charge on any atom is -0.508 e. The van der Waals surface area contributed by atoms with Crippen LogP contribution in [0.15, 0.2) is 53.6 Å². The number of phenolic OH excluding ortho intramolecular Hbond substituents is 1. The fraction of sp³-hybridized carbons (Fsp3) is 0.729. The highest BCUT2D eigenvalue weighted by molar-refractivity contribution is 6.00. The first-order chi connectivity index (χ1) is 32.9. The number of nitrogens with two attached hydrogens (primary N) is 1. The number of anilines is 1. The van der Waals surface area contributed by atoms with Gasteiger partial charge < -0.3 is 41.5 Å². The van der Waals surface area contributed by atoms with Crippen LogP contribution in [-0.2, 0) is 20.9 Å². The predicted octanol–water partition coefficient (Wildman–Crippen LogP) is 9.42. The van der Waals surface area contributed by atoms with E-state index in [9.17, 15) is 20.4 Å². The summed E-state index contributed by atoms with van der Waals surface area (Å²) in [5, 5.41) is 54.2. The highest BCUT2D eigenvalue weighted by atomic mass is 16.6. The molecule has 5 saturated carbocycles. The molecule has 10 rings (SSSR count). The van der Waals surface area contributed by atoms with Gasteiger partial charge in [-0.25, -0.2) is 0 Å². The van der Waals surface area contributed by atoms with Crippen molar-refractivity contribution < 1.29 is 34.8 Å². The van der Waals surface area contributed by atoms with E-state index in [1.54, 1.807) is 6.07 Å². The number of aromatic hydroxyl groups is 1. The van der Waals surface area contributed by atoms with Crippen LogP contribution in [0.5, 0.6) is 5.75 Å². The Morgan fingerprint density at radius 2 is 1.70 bits per heavy atom. The first-order valence-electron chi connectivity index (χ1n) is 27.4. The Kier molecular flexibility index (Phi) is 13.0. The second kappa shape index (κ2) is 18.1. The number of nitrogen functional groups attached to an aromatic ring is 1. The summed E-state index contributed by atoms with van der Waals surface area (Å²) in [5.41, 5.74) is 8.89. The molecule has 15 atom stereocenters. The maximum absolute atomic E-state index is 15.9. The van der Waals surface area contributed by atoms with Gasteiger partial charge in [0.25, 0.3) is 0 Å². The van der Waals surface area contributed by atoms with Crippen molar-refractivity contribution in [2.24, 2.45) is 51.2 Å². The summed E-state index contributed by atoms with van der Waals surface area (Å²) < 4.78 is 6.57. The Morgan fingerprint density at radius 1 is 0.928 bits per heavy atom. The molecule has 2 aromatic carbocycles. The van der Waals surface area contributed by atoms with Gasteiger partial charge in [0.1, 0.15) is 17.6 Å². The molecule has 0 unspecified atom stereocenters. The first kappa shape index (κ1) is 49.5. The number of β-amino-alcohol motifs (C(OH)–C–C–N with tert-alkyl or cyclic N) is 1. The predicted molar refractivity (Wildman–Crippen MR) is 270 cm³/mol. The maximum Gasteiger partial charge on any atom is 0.159 e. The number of aliphatic hydroxyl groups excluding tert-OH is 2. The minimum absolute atomic E-state index is 0.00189. The van der Waals surface area contributed by atoms with E-state index in [-0.39, 0.29) is 65.2 Å². The van der Waals surface area contributed by atoms with Crippen LogP contribution < -0.4 is 16.4 Å². The van der Waals surface area contributed by atoms with Crippen LogP contribution in [0.1, 0.15) is 179 Å². The molecule has 2 saturated heterocycles. The number of hydrogen-bond acceptors (Lipinski definition) is 10. The van der Waals surface area contributed by atoms with Crippen LogP contribution in [0.3, 0.4) is 0 Å². The van der Waals surface area contributed by atoms with Crippen LogP contribution >= 0.6 is 0 Å². The Bertz CT molecular complexity index is 2320. The standard InChI is InChI=1S/C59H85N3O7/c1-35(25-47(65)53-57(5,69-53)44-18-12-17-42(44)37-13-11-16-40(60)28-37)50-45-19-20-49-58(23-24-63,56(45,4)32-48(50)66)31-46-51-55(3,22-10-9-21-54(2,68)34-62-46)52(67)43(30-59(49,51)39-14-7-8-15-39)38-26-36(33-61-6)27-41(64)29-38/h11,13,16,26-29,35,39,42-44,46-47,49,51,53,61-65,68H,7-10,12,14-15,17-25,30-34,60H2,1-6H3/t35-,42+,43-,44+,46+,47-,49+,51+,53-,54-,55-,56+,57-,58+,59-/m1/s1. The number of phenols is 1. The van der Waals surface area contributed by atoms with Crippen LogP contribution in [-0.4, -0.2) is 81.6 Å². The van der Waals surface area contributed by atoms with Gasteiger partial charge in [-0.2, -0.15) is 0 Å². The van der Waals surface area contributed by atoms with Gasteiger partial charge in [0, 0.05) is 54.6 Å². The van der Waals surface area contributed by atoms with E-state index in [0.29, 0.717) is 57.0 Å². The highest BCUT2D eigenvalue weighted by Gasteiger charge is 2.75. The smallest absolute Gasteiger partial charge is 0.159 e. The zero-order valence-electron chi connectivity index (χ0n) is 42.8. The van der Waals surface area contributed by atoms with Gasteiger partial charge in [0.05, 0.1) is 17.3 Å². The second-order valence-electron chi connectivity index (χ2n) is 25.3. The van der Waals surface area contributed by atoms with Crippen molar-refractivity contribution in [2.45, 2.75) is 198 Å². The van der Waals surface area contributed by atoms with Gasteiger partial charge in [0.15, 0.2) is 5.78 Å². The molecule has 0 spiro atoms. The number of rotatable bonds is 12. The Morgan fingerprint density at radius 3 is 2.43 bits per heavy atom. The van der Waals surface area contributed by atoms with Gasteiger partial charge in [-0.15, -0.1) is 0 Å². The Hall–Kier alpha value is -3.12. The van der Waals surface area contributed by atoms with Crippen LogP contribution in [0.4, 0.5) is 5.69 Å². The van der Waals surface area contributed by atoms with Crippen molar-refractivity contribution in [1.82, 2.24) is 10.6 Å². The van der Waals surface area contributed by atoms with E-state index in [0.717, 1.165) is 106 Å². The molecule has 0 radical (unpaired) electrons. The number of ether oxygens (including phenoxy) is 1. The summed E-state index contributed by atoms with van der Waals surface area (Å²) in [7, 11) is 1.91. The molecule has 2 aromatic rings. The number of aliphatic hydroxyl groups is 3. The summed E-state index contributed by atoms with van der Waals surface area (Å²) in [5.74, 6) is 1.18. The molecule has 69 heavy (non-hydrogen) atoms. The number of nitrogens with one attached hydrogen (secondary N) is 2. The van der Waals surface area contributed by atoms with Crippen LogP contribution in [0.2, 0.25) is 0 Å². The number of Topliss-reactive ketones (excluding diaryl/α,β-unsaturated/α-hetero) is 2. The maximum atomic E-state index is 15.9. The lowest BCUT2D eigenvalue weighted by molar-refractivity contribution is -0.231. The van der Waals surface area contributed by atoms with Crippen LogP contribution in [0, 0.1) is 51.2 Å². The number of epoxide rings is 1. The zero-order chi connectivity index (χ0) is 48.9. The number of carbonyl (C=O) groups excluding carboxylic acids is 2. The van der Waals surface area contributed by atoms with Crippen molar-refractivity contribution in [3.8, 4) is 5.75 Å². The molecule has 2 aliphatic heterocycles. The molecular weight excluding hydrogens is 863 g/mol. The molecule has 2 heterocycles. The van der Waals surface area contributed by atoms with Gasteiger partial charge in [0.2, 0.25) is 0 Å². The van der Waals surface area contributed by atoms with Crippen molar-refractivity contribution in [3.63, 3.8) is 0 Å². The van der Waals surface area contributed by atoms with Crippen LogP contribution in [0.25, 0.3) is 0 Å². The molecule has 0 bridgehead atoms. The average molecular weight is 948 g/mol. The number of allylic oxidation sites excluding steroid dienone is 2. The zero-order valence-corrected chi connectivity index (χ0v) is 42.8.